The predicted molar refractivity (Wildman–Crippen MR) is 47.5 cm³/mol. The van der Waals surface area contributed by atoms with Gasteiger partial charge in [-0.2, -0.15) is 0 Å². The van der Waals surface area contributed by atoms with Crippen molar-refractivity contribution in [3.05, 3.63) is 0 Å². The Morgan fingerprint density at radius 2 is 0.818 bits per heavy atom. The summed E-state index contributed by atoms with van der Waals surface area (Å²) in [6.45, 7) is 0. The Bertz CT molecular complexity index is 85.4. The summed E-state index contributed by atoms with van der Waals surface area (Å²) in [6.07, 6.45) is 12.4. The summed E-state index contributed by atoms with van der Waals surface area (Å²) in [5.41, 5.74) is 0. The van der Waals surface area contributed by atoms with Crippen LogP contribution in [0.1, 0.15) is 51.4 Å². The lowest BCUT2D eigenvalue weighted by Crippen LogP contribution is -2.22. The molecule has 0 atom stereocenters. The molecule has 2 fully saturated rings. The van der Waals surface area contributed by atoms with Crippen molar-refractivity contribution in [2.75, 3.05) is 0 Å². The van der Waals surface area contributed by atoms with Crippen LogP contribution in [0, 0.1) is 11.8 Å². The van der Waals surface area contributed by atoms with Crippen molar-refractivity contribution in [2.45, 2.75) is 51.4 Å². The lowest BCUT2D eigenvalue weighted by molar-refractivity contribution is 0.171. The van der Waals surface area contributed by atoms with E-state index >= 15 is 0 Å². The monoisotopic (exact) mass is 156 g/mol. The normalized spacial score (nSPS) is 37.1. The molecule has 2 N–H and O–H groups in total. The van der Waals surface area contributed by atoms with Gasteiger partial charge in [-0.25, -0.2) is 0 Å². The van der Waals surface area contributed by atoms with E-state index in [4.69, 9.17) is 0 Å². The van der Waals surface area contributed by atoms with Crippen LogP contribution in [0.15, 0.2) is 0 Å². The van der Waals surface area contributed by atoms with E-state index in [1.165, 1.54) is 25.7 Å². The van der Waals surface area contributed by atoms with E-state index in [-0.39, 0.29) is 5.48 Å². The first-order chi connectivity index (χ1) is 4.97. The van der Waals surface area contributed by atoms with Crippen LogP contribution in [0.5, 0.6) is 0 Å². The highest BCUT2D eigenvalue weighted by Crippen LogP contribution is 2.39. The van der Waals surface area contributed by atoms with Gasteiger partial charge in [-0.1, -0.05) is 51.4 Å². The van der Waals surface area contributed by atoms with Crippen LogP contribution >= 0.6 is 0 Å². The lowest BCUT2D eigenvalue weighted by Gasteiger charge is -2.35. The molecule has 0 radical (unpaired) electrons. The number of rotatable bonds is 0. The second-order valence-electron chi connectivity index (χ2n) is 4.09. The molecule has 0 aromatic carbocycles. The molecule has 1 heteroatoms. The summed E-state index contributed by atoms with van der Waals surface area (Å²) in [6, 6.07) is 0. The fraction of sp³-hybridized carbons (Fsp3) is 1.00. The first-order valence-corrected chi connectivity index (χ1v) is 4.97. The molecule has 2 rings (SSSR count). The van der Waals surface area contributed by atoms with Gasteiger partial charge in [0, 0.05) is 0 Å². The van der Waals surface area contributed by atoms with Gasteiger partial charge < -0.3 is 5.48 Å². The van der Waals surface area contributed by atoms with Crippen molar-refractivity contribution < 1.29 is 5.48 Å². The standard InChI is InChI=1S/C10H18.H2O/c1-2-6-10-8-4-3-7-9(10)5-1;/h9-10H,1-8H2;1H2. The number of hydrogen-bond acceptors (Lipinski definition) is 0. The van der Waals surface area contributed by atoms with Crippen LogP contribution in [0.3, 0.4) is 0 Å². The summed E-state index contributed by atoms with van der Waals surface area (Å²) in [5, 5.41) is 0. The van der Waals surface area contributed by atoms with Crippen molar-refractivity contribution in [2.24, 2.45) is 11.8 Å². The zero-order chi connectivity index (χ0) is 6.81. The molecule has 0 saturated heterocycles. The molecule has 0 amide bonds. The lowest BCUT2D eigenvalue weighted by atomic mass is 9.71. The van der Waals surface area contributed by atoms with E-state index in [2.05, 4.69) is 0 Å². The van der Waals surface area contributed by atoms with Gasteiger partial charge in [0.05, 0.1) is 0 Å². The zero-order valence-corrected chi connectivity index (χ0v) is 7.31. The summed E-state index contributed by atoms with van der Waals surface area (Å²) < 4.78 is 0. The van der Waals surface area contributed by atoms with Gasteiger partial charge in [0.15, 0.2) is 0 Å². The summed E-state index contributed by atoms with van der Waals surface area (Å²) in [7, 11) is 0. The number of hydrogen-bond donors (Lipinski definition) is 0. The minimum absolute atomic E-state index is 0. The highest BCUT2D eigenvalue weighted by Gasteiger charge is 2.26. The van der Waals surface area contributed by atoms with Gasteiger partial charge in [0.2, 0.25) is 0 Å². The van der Waals surface area contributed by atoms with Gasteiger partial charge in [0.1, 0.15) is 0 Å². The van der Waals surface area contributed by atoms with Crippen LogP contribution in [0.25, 0.3) is 0 Å². The Morgan fingerprint density at radius 1 is 0.545 bits per heavy atom. The van der Waals surface area contributed by atoms with Crippen LogP contribution < -0.4 is 0 Å². The van der Waals surface area contributed by atoms with E-state index in [0.29, 0.717) is 0 Å². The maximum Gasteiger partial charge on any atom is -0.0386 e. The summed E-state index contributed by atoms with van der Waals surface area (Å²) in [5.74, 6) is 2.31. The first-order valence-electron chi connectivity index (χ1n) is 4.97. The van der Waals surface area contributed by atoms with Crippen LogP contribution in [-0.2, 0) is 0 Å². The SMILES string of the molecule is C1CCC2CCCCC2C1.O. The van der Waals surface area contributed by atoms with Crippen LogP contribution in [0.4, 0.5) is 0 Å². The minimum atomic E-state index is 0. The molecule has 0 spiro atoms. The Balaban J connectivity index is 0.000000605. The molecule has 66 valence electrons. The average molecular weight is 156 g/mol. The Kier molecular flexibility index (Phi) is 3.38. The molecule has 0 aliphatic heterocycles. The Morgan fingerprint density at radius 3 is 1.09 bits per heavy atom. The second kappa shape index (κ2) is 4.10. The van der Waals surface area contributed by atoms with E-state index in [1.807, 2.05) is 0 Å². The molecule has 0 bridgehead atoms. The zero-order valence-electron chi connectivity index (χ0n) is 7.31. The molecule has 0 unspecified atom stereocenters. The van der Waals surface area contributed by atoms with E-state index < -0.39 is 0 Å². The van der Waals surface area contributed by atoms with E-state index in [1.54, 1.807) is 25.7 Å². The maximum absolute atomic E-state index is 1.56. The molecule has 0 heterocycles. The van der Waals surface area contributed by atoms with Gasteiger partial charge in [-0.05, 0) is 11.8 Å². The first kappa shape index (κ1) is 9.05. The highest BCUT2D eigenvalue weighted by molar-refractivity contribution is 4.78. The molecule has 0 aromatic rings. The fourth-order valence-corrected chi connectivity index (χ4v) is 2.86. The van der Waals surface area contributed by atoms with Crippen LogP contribution in [0.2, 0.25) is 0 Å². The van der Waals surface area contributed by atoms with E-state index in [9.17, 15) is 0 Å². The summed E-state index contributed by atoms with van der Waals surface area (Å²) in [4.78, 5) is 0. The highest BCUT2D eigenvalue weighted by atomic mass is 16.0. The topological polar surface area (TPSA) is 31.5 Å². The van der Waals surface area contributed by atoms with Crippen molar-refractivity contribution in [3.8, 4) is 0 Å². The van der Waals surface area contributed by atoms with Gasteiger partial charge >= 0.3 is 0 Å². The minimum Gasteiger partial charge on any atom is -0.412 e. The van der Waals surface area contributed by atoms with Gasteiger partial charge in [-0.15, -0.1) is 0 Å². The quantitative estimate of drug-likeness (QED) is 0.516. The number of fused-ring (bicyclic) bond motifs is 1. The maximum atomic E-state index is 1.56. The predicted octanol–water partition coefficient (Wildman–Crippen LogP) is 2.54. The molecule has 2 saturated carbocycles. The van der Waals surface area contributed by atoms with Gasteiger partial charge in [0.25, 0.3) is 0 Å². The smallest absolute Gasteiger partial charge is 0.0386 e. The third-order valence-electron chi connectivity index (χ3n) is 3.47. The third kappa shape index (κ3) is 1.96. The summed E-state index contributed by atoms with van der Waals surface area (Å²) >= 11 is 0. The second-order valence-corrected chi connectivity index (χ2v) is 4.09. The third-order valence-corrected chi connectivity index (χ3v) is 3.47. The van der Waals surface area contributed by atoms with Crippen LogP contribution in [-0.4, -0.2) is 5.48 Å². The Hall–Kier alpha value is -0.0400. The molecular weight excluding hydrogens is 136 g/mol. The molecular formula is C10H20O. The average Bonchev–Trinajstić information content (AvgIpc) is 2.05. The van der Waals surface area contributed by atoms with Crippen molar-refractivity contribution >= 4 is 0 Å². The fourth-order valence-electron chi connectivity index (χ4n) is 2.86. The largest absolute Gasteiger partial charge is 0.412 e. The van der Waals surface area contributed by atoms with Crippen molar-refractivity contribution in [1.82, 2.24) is 0 Å². The van der Waals surface area contributed by atoms with Crippen molar-refractivity contribution in [1.29, 1.82) is 0 Å². The molecule has 11 heavy (non-hydrogen) atoms. The molecule has 2 aliphatic rings. The Labute approximate surface area is 69.5 Å². The van der Waals surface area contributed by atoms with Gasteiger partial charge in [-0.3, -0.25) is 0 Å². The van der Waals surface area contributed by atoms with E-state index in [0.717, 1.165) is 11.8 Å². The molecule has 2 aliphatic carbocycles. The molecule has 1 nitrogen and oxygen atoms in total. The van der Waals surface area contributed by atoms with Crippen molar-refractivity contribution in [3.63, 3.8) is 0 Å². The molecule has 0 aromatic heterocycles.